The zero-order chi connectivity index (χ0) is 17.5. The van der Waals surface area contributed by atoms with Gasteiger partial charge in [0.2, 0.25) is 0 Å². The molecule has 0 aliphatic carbocycles. The number of nitrogens with zero attached hydrogens (tertiary/aromatic N) is 2. The Morgan fingerprint density at radius 1 is 1.19 bits per heavy atom. The van der Waals surface area contributed by atoms with Crippen molar-refractivity contribution >= 4 is 47.2 Å². The van der Waals surface area contributed by atoms with Crippen LogP contribution in [0.15, 0.2) is 41.5 Å². The molecule has 0 saturated heterocycles. The van der Waals surface area contributed by atoms with Crippen molar-refractivity contribution in [2.24, 2.45) is 4.99 Å². The van der Waals surface area contributed by atoms with Gasteiger partial charge >= 0.3 is 0 Å². The molecule has 8 heteroatoms. The second-order valence-electron chi connectivity index (χ2n) is 5.58. The molecule has 26 heavy (non-hydrogen) atoms. The molecule has 0 bridgehead atoms. The number of fused-ring (bicyclic) bond motifs is 1. The van der Waals surface area contributed by atoms with Crippen molar-refractivity contribution in [3.8, 4) is 11.5 Å². The highest BCUT2D eigenvalue weighted by molar-refractivity contribution is 14.0. The number of nitrogens with one attached hydrogen (secondary N) is 2. The maximum Gasteiger partial charge on any atom is 0.195 e. The third-order valence-corrected chi connectivity index (χ3v) is 3.95. The molecule has 0 fully saturated rings. The smallest absolute Gasteiger partial charge is 0.195 e. The monoisotopic (exact) mass is 488 g/mol. The van der Waals surface area contributed by atoms with Crippen LogP contribution >= 0.6 is 35.6 Å². The normalized spacial score (nSPS) is 13.4. The molecule has 140 valence electrons. The van der Waals surface area contributed by atoms with Gasteiger partial charge in [-0.25, -0.2) is 4.98 Å². The van der Waals surface area contributed by atoms with Gasteiger partial charge in [-0.2, -0.15) is 0 Å². The minimum Gasteiger partial charge on any atom is -0.490 e. The van der Waals surface area contributed by atoms with E-state index in [-0.39, 0.29) is 24.0 Å². The first kappa shape index (κ1) is 20.6. The first-order valence-electron chi connectivity index (χ1n) is 8.22. The standard InChI is InChI=1S/C18H21ClN4O2.HI/c1-20-18(21-8-7-13-3-6-17(19)22-12-13)23-14-4-5-15-16(11-14)25-10-2-9-24-15;/h3-6,11-12H,2,7-10H2,1H3,(H2,20,21,23);1H. The topological polar surface area (TPSA) is 67.8 Å². The number of aromatic nitrogens is 1. The van der Waals surface area contributed by atoms with E-state index in [0.29, 0.717) is 24.3 Å². The van der Waals surface area contributed by atoms with Crippen LogP contribution in [0.2, 0.25) is 5.15 Å². The second kappa shape index (κ2) is 10.4. The lowest BCUT2D eigenvalue weighted by Gasteiger charge is -2.14. The Kier molecular flexibility index (Phi) is 8.24. The fraction of sp³-hybridized carbons (Fsp3) is 0.333. The quantitative estimate of drug-likeness (QED) is 0.297. The molecular weight excluding hydrogens is 467 g/mol. The van der Waals surface area contributed by atoms with Gasteiger partial charge < -0.3 is 20.1 Å². The van der Waals surface area contributed by atoms with Crippen molar-refractivity contribution in [1.82, 2.24) is 10.3 Å². The predicted octanol–water partition coefficient (Wildman–Crippen LogP) is 3.74. The third-order valence-electron chi connectivity index (χ3n) is 3.73. The molecule has 0 amide bonds. The van der Waals surface area contributed by atoms with E-state index < -0.39 is 0 Å². The van der Waals surface area contributed by atoms with Gasteiger partial charge in [0.05, 0.1) is 13.2 Å². The molecular formula is C18H22ClIN4O2. The van der Waals surface area contributed by atoms with Gasteiger partial charge in [-0.05, 0) is 30.2 Å². The Morgan fingerprint density at radius 2 is 2.00 bits per heavy atom. The number of hydrogen-bond donors (Lipinski definition) is 2. The summed E-state index contributed by atoms with van der Waals surface area (Å²) in [5.74, 6) is 2.22. The maximum atomic E-state index is 5.79. The first-order chi connectivity index (χ1) is 12.2. The third kappa shape index (κ3) is 5.91. The number of rotatable bonds is 4. The van der Waals surface area contributed by atoms with Crippen molar-refractivity contribution in [3.63, 3.8) is 0 Å². The van der Waals surface area contributed by atoms with Gasteiger partial charge in [0.1, 0.15) is 5.15 Å². The van der Waals surface area contributed by atoms with Crippen molar-refractivity contribution < 1.29 is 9.47 Å². The lowest BCUT2D eigenvalue weighted by atomic mass is 10.2. The molecule has 2 N–H and O–H groups in total. The SMILES string of the molecule is CN=C(NCCc1ccc(Cl)nc1)Nc1ccc2c(c1)OCCCO2.I. The highest BCUT2D eigenvalue weighted by atomic mass is 127. The summed E-state index contributed by atoms with van der Waals surface area (Å²) in [6, 6.07) is 9.55. The second-order valence-corrected chi connectivity index (χ2v) is 5.96. The molecule has 0 radical (unpaired) electrons. The number of guanidine groups is 1. The molecule has 1 aromatic carbocycles. The fourth-order valence-corrected chi connectivity index (χ4v) is 2.55. The summed E-state index contributed by atoms with van der Waals surface area (Å²) in [5.41, 5.74) is 2.01. The van der Waals surface area contributed by atoms with Crippen LogP contribution in [0.4, 0.5) is 5.69 Å². The summed E-state index contributed by atoms with van der Waals surface area (Å²) >= 11 is 5.79. The summed E-state index contributed by atoms with van der Waals surface area (Å²) in [5, 5.41) is 7.04. The molecule has 3 rings (SSSR count). The van der Waals surface area contributed by atoms with Crippen LogP contribution in [-0.2, 0) is 6.42 Å². The number of benzene rings is 1. The van der Waals surface area contributed by atoms with E-state index in [0.717, 1.165) is 42.1 Å². The van der Waals surface area contributed by atoms with Crippen molar-refractivity contribution in [3.05, 3.63) is 47.2 Å². The summed E-state index contributed by atoms with van der Waals surface area (Å²) in [4.78, 5) is 8.32. The minimum atomic E-state index is 0. The lowest BCUT2D eigenvalue weighted by Crippen LogP contribution is -2.32. The number of ether oxygens (including phenoxy) is 2. The molecule has 6 nitrogen and oxygen atoms in total. The van der Waals surface area contributed by atoms with E-state index in [4.69, 9.17) is 21.1 Å². The molecule has 0 unspecified atom stereocenters. The van der Waals surface area contributed by atoms with Crippen molar-refractivity contribution in [2.45, 2.75) is 12.8 Å². The molecule has 0 saturated carbocycles. The van der Waals surface area contributed by atoms with Crippen molar-refractivity contribution in [1.29, 1.82) is 0 Å². The Bertz CT molecular complexity index is 740. The zero-order valence-electron chi connectivity index (χ0n) is 14.5. The molecule has 0 atom stereocenters. The highest BCUT2D eigenvalue weighted by Crippen LogP contribution is 2.32. The molecule has 2 heterocycles. The van der Waals surface area contributed by atoms with E-state index in [9.17, 15) is 0 Å². The van der Waals surface area contributed by atoms with Gasteiger partial charge in [-0.3, -0.25) is 4.99 Å². The summed E-state index contributed by atoms with van der Waals surface area (Å²) in [6.07, 6.45) is 3.50. The number of halogens is 2. The lowest BCUT2D eigenvalue weighted by molar-refractivity contribution is 0.297. The number of aliphatic imine (C=N–C) groups is 1. The Hall–Kier alpha value is -1.74. The molecule has 1 aromatic heterocycles. The van der Waals surface area contributed by atoms with Gasteiger partial charge in [0.15, 0.2) is 17.5 Å². The van der Waals surface area contributed by atoms with E-state index in [1.54, 1.807) is 19.3 Å². The number of hydrogen-bond acceptors (Lipinski definition) is 4. The van der Waals surface area contributed by atoms with Crippen LogP contribution < -0.4 is 20.1 Å². The van der Waals surface area contributed by atoms with Crippen molar-refractivity contribution in [2.75, 3.05) is 32.1 Å². The average Bonchev–Trinajstić information content (AvgIpc) is 2.87. The van der Waals surface area contributed by atoms with Crippen LogP contribution in [0.25, 0.3) is 0 Å². The van der Waals surface area contributed by atoms with E-state index in [2.05, 4.69) is 20.6 Å². The molecule has 0 spiro atoms. The summed E-state index contributed by atoms with van der Waals surface area (Å²) in [7, 11) is 1.74. The predicted molar refractivity (Wildman–Crippen MR) is 115 cm³/mol. The van der Waals surface area contributed by atoms with Crippen LogP contribution in [0.3, 0.4) is 0 Å². The highest BCUT2D eigenvalue weighted by Gasteiger charge is 2.11. The van der Waals surface area contributed by atoms with E-state index in [1.807, 2.05) is 24.3 Å². The molecule has 1 aliphatic rings. The van der Waals surface area contributed by atoms with E-state index in [1.165, 1.54) is 0 Å². The number of pyridine rings is 1. The molecule has 1 aliphatic heterocycles. The summed E-state index contributed by atoms with van der Waals surface area (Å²) < 4.78 is 11.4. The van der Waals surface area contributed by atoms with Gasteiger partial charge in [-0.15, -0.1) is 24.0 Å². The van der Waals surface area contributed by atoms with Crippen LogP contribution in [0.5, 0.6) is 11.5 Å². The molecule has 2 aromatic rings. The zero-order valence-corrected chi connectivity index (χ0v) is 17.6. The largest absolute Gasteiger partial charge is 0.490 e. The van der Waals surface area contributed by atoms with Crippen LogP contribution in [-0.4, -0.2) is 37.7 Å². The first-order valence-corrected chi connectivity index (χ1v) is 8.60. The van der Waals surface area contributed by atoms with Crippen LogP contribution in [0.1, 0.15) is 12.0 Å². The maximum absolute atomic E-state index is 5.79. The Morgan fingerprint density at radius 3 is 2.73 bits per heavy atom. The fourth-order valence-electron chi connectivity index (χ4n) is 2.44. The van der Waals surface area contributed by atoms with Gasteiger partial charge in [0.25, 0.3) is 0 Å². The summed E-state index contributed by atoms with van der Waals surface area (Å²) in [6.45, 7) is 2.08. The van der Waals surface area contributed by atoms with E-state index >= 15 is 0 Å². The Balaban J connectivity index is 0.00000243. The van der Waals surface area contributed by atoms with Gasteiger partial charge in [0, 0.05) is 38.0 Å². The Labute approximate surface area is 175 Å². The minimum absolute atomic E-state index is 0. The van der Waals surface area contributed by atoms with Gasteiger partial charge in [-0.1, -0.05) is 17.7 Å². The van der Waals surface area contributed by atoms with Crippen LogP contribution in [0, 0.1) is 0 Å². The average molecular weight is 489 g/mol. The number of anilines is 1.